The van der Waals surface area contributed by atoms with Crippen LogP contribution in [0.2, 0.25) is 0 Å². The first-order valence-corrected chi connectivity index (χ1v) is 16.9. The molecule has 4 nitrogen and oxygen atoms in total. The van der Waals surface area contributed by atoms with E-state index in [0.29, 0.717) is 5.41 Å². The number of benzene rings is 3. The van der Waals surface area contributed by atoms with E-state index in [1.807, 2.05) is 27.7 Å². The van der Waals surface area contributed by atoms with E-state index in [1.54, 1.807) is 0 Å². The van der Waals surface area contributed by atoms with Crippen LogP contribution < -0.4 is 10.6 Å². The maximum absolute atomic E-state index is 5.07. The predicted molar refractivity (Wildman–Crippen MR) is 205 cm³/mol. The van der Waals surface area contributed by atoms with Crippen LogP contribution in [0.4, 0.5) is 11.4 Å². The van der Waals surface area contributed by atoms with Crippen LogP contribution in [0.5, 0.6) is 0 Å². The van der Waals surface area contributed by atoms with Crippen LogP contribution in [0.3, 0.4) is 0 Å². The standard InChI is InChI=1S/C40H52N4.C2H6/c1-11-36(35-13-12-14-37(29(35)4)41-30(5)32-17-19-33(20-18-32)39(6,7)8)43-38(28(2)3)42-34-21-15-31(16-22-34)27-44-25-23-40(9,10)24-26-44;1-2/h11-22,41H,2,5,23-27H2,1,3-4,6-10H3,(H,42,43);1-2H3/b36-11-;. The molecule has 2 N–H and O–H groups in total. The average molecular weight is 619 g/mol. The van der Waals surface area contributed by atoms with Crippen molar-refractivity contribution in [1.82, 2.24) is 4.90 Å². The summed E-state index contributed by atoms with van der Waals surface area (Å²) in [7, 11) is 0. The molecule has 1 aliphatic rings. The molecule has 1 fully saturated rings. The zero-order valence-corrected chi connectivity index (χ0v) is 30.3. The van der Waals surface area contributed by atoms with Gasteiger partial charge in [0.15, 0.2) is 0 Å². The lowest BCUT2D eigenvalue weighted by Gasteiger charge is -2.36. The predicted octanol–water partition coefficient (Wildman–Crippen LogP) is 11.5. The number of piperidine rings is 1. The van der Waals surface area contributed by atoms with Gasteiger partial charge >= 0.3 is 0 Å². The van der Waals surface area contributed by atoms with Gasteiger partial charge in [0.05, 0.1) is 5.70 Å². The summed E-state index contributed by atoms with van der Waals surface area (Å²) < 4.78 is 0. The summed E-state index contributed by atoms with van der Waals surface area (Å²) in [6, 6.07) is 23.7. The summed E-state index contributed by atoms with van der Waals surface area (Å²) >= 11 is 0. The maximum Gasteiger partial charge on any atom is 0.133 e. The molecule has 0 amide bonds. The molecule has 46 heavy (non-hydrogen) atoms. The number of hydrogen-bond donors (Lipinski definition) is 2. The fourth-order valence-electron chi connectivity index (χ4n) is 5.49. The molecule has 0 aromatic heterocycles. The second-order valence-corrected chi connectivity index (χ2v) is 14.1. The first kappa shape index (κ1) is 36.6. The van der Waals surface area contributed by atoms with Gasteiger partial charge < -0.3 is 10.6 Å². The van der Waals surface area contributed by atoms with E-state index in [0.717, 1.165) is 57.4 Å². The van der Waals surface area contributed by atoms with Crippen molar-refractivity contribution in [3.05, 3.63) is 119 Å². The lowest BCUT2D eigenvalue weighted by Crippen LogP contribution is -2.36. The van der Waals surface area contributed by atoms with Crippen molar-refractivity contribution < 1.29 is 0 Å². The number of likely N-dealkylation sites (tertiary alicyclic amines) is 1. The third-order valence-electron chi connectivity index (χ3n) is 8.74. The summed E-state index contributed by atoms with van der Waals surface area (Å²) in [6.07, 6.45) is 4.58. The fraction of sp³-hybridized carbons (Fsp3) is 0.405. The molecule has 1 heterocycles. The van der Waals surface area contributed by atoms with Crippen molar-refractivity contribution in [2.24, 2.45) is 10.4 Å². The van der Waals surface area contributed by atoms with Gasteiger partial charge in [-0.25, -0.2) is 4.99 Å². The molecule has 0 spiro atoms. The summed E-state index contributed by atoms with van der Waals surface area (Å²) in [5, 5.41) is 7.08. The normalized spacial score (nSPS) is 15.4. The van der Waals surface area contributed by atoms with Crippen molar-refractivity contribution >= 4 is 28.6 Å². The largest absolute Gasteiger partial charge is 0.355 e. The van der Waals surface area contributed by atoms with Gasteiger partial charge in [0.2, 0.25) is 0 Å². The average Bonchev–Trinajstić information content (AvgIpc) is 3.03. The van der Waals surface area contributed by atoms with Crippen LogP contribution in [-0.4, -0.2) is 23.8 Å². The third-order valence-corrected chi connectivity index (χ3v) is 8.74. The monoisotopic (exact) mass is 618 g/mol. The highest BCUT2D eigenvalue weighted by atomic mass is 15.1. The third kappa shape index (κ3) is 10.1. The van der Waals surface area contributed by atoms with E-state index in [2.05, 4.69) is 143 Å². The molecule has 1 aliphatic heterocycles. The molecular weight excluding hydrogens is 560 g/mol. The Morgan fingerprint density at radius 2 is 1.52 bits per heavy atom. The van der Waals surface area contributed by atoms with Gasteiger partial charge in [-0.05, 0) is 104 Å². The minimum absolute atomic E-state index is 0.118. The molecule has 0 bridgehead atoms. The Hall–Kier alpha value is -3.89. The van der Waals surface area contributed by atoms with E-state index in [-0.39, 0.29) is 5.41 Å². The van der Waals surface area contributed by atoms with Crippen LogP contribution in [-0.2, 0) is 12.0 Å². The van der Waals surface area contributed by atoms with Crippen molar-refractivity contribution in [2.75, 3.05) is 23.7 Å². The van der Waals surface area contributed by atoms with Crippen molar-refractivity contribution in [2.45, 2.75) is 94.0 Å². The van der Waals surface area contributed by atoms with Gasteiger partial charge in [-0.1, -0.05) is 116 Å². The Morgan fingerprint density at radius 3 is 2.07 bits per heavy atom. The number of allylic oxidation sites excluding steroid dienone is 1. The van der Waals surface area contributed by atoms with Crippen LogP contribution in [0.15, 0.2) is 96.5 Å². The van der Waals surface area contributed by atoms with Gasteiger partial charge in [0.1, 0.15) is 5.84 Å². The molecule has 0 atom stereocenters. The first-order chi connectivity index (χ1) is 21.8. The van der Waals surface area contributed by atoms with E-state index < -0.39 is 0 Å². The second kappa shape index (κ2) is 16.1. The summed E-state index contributed by atoms with van der Waals surface area (Å²) in [4.78, 5) is 7.64. The number of aliphatic imine (C=N–C) groups is 1. The number of nitrogens with zero attached hydrogens (tertiary/aromatic N) is 2. The molecule has 4 rings (SSSR count). The van der Waals surface area contributed by atoms with Crippen LogP contribution in [0.25, 0.3) is 11.4 Å². The molecule has 0 radical (unpaired) electrons. The van der Waals surface area contributed by atoms with Gasteiger partial charge in [-0.2, -0.15) is 0 Å². The topological polar surface area (TPSA) is 39.7 Å². The minimum Gasteiger partial charge on any atom is -0.355 e. The number of hydrogen-bond acceptors (Lipinski definition) is 3. The van der Waals surface area contributed by atoms with Gasteiger partial charge in [-0.3, -0.25) is 4.90 Å². The van der Waals surface area contributed by atoms with E-state index in [9.17, 15) is 0 Å². The SMILES string of the molecule is C=C(C)C(=N/C(=C\C)c1cccc(NC(=C)c2ccc(C(C)(C)C)cc2)c1C)Nc1ccc(CN2CCC(C)(C)CC2)cc1.CC. The van der Waals surface area contributed by atoms with Crippen LogP contribution in [0, 0.1) is 12.3 Å². The van der Waals surface area contributed by atoms with Gasteiger partial charge in [0.25, 0.3) is 0 Å². The summed E-state index contributed by atoms with van der Waals surface area (Å²) in [6.45, 7) is 33.5. The highest BCUT2D eigenvalue weighted by Gasteiger charge is 2.25. The first-order valence-electron chi connectivity index (χ1n) is 16.9. The molecular formula is C42H58N4. The van der Waals surface area contributed by atoms with Crippen molar-refractivity contribution in [3.8, 4) is 0 Å². The maximum atomic E-state index is 5.07. The number of amidine groups is 1. The smallest absolute Gasteiger partial charge is 0.133 e. The van der Waals surface area contributed by atoms with Crippen molar-refractivity contribution in [1.29, 1.82) is 0 Å². The van der Waals surface area contributed by atoms with E-state index in [4.69, 9.17) is 4.99 Å². The zero-order chi connectivity index (χ0) is 34.1. The minimum atomic E-state index is 0.118. The molecule has 1 saturated heterocycles. The van der Waals surface area contributed by atoms with Crippen LogP contribution >= 0.6 is 0 Å². The molecule has 0 aliphatic carbocycles. The Labute approximate surface area is 280 Å². The molecule has 0 saturated carbocycles. The van der Waals surface area contributed by atoms with Crippen LogP contribution in [0.1, 0.15) is 103 Å². The number of anilines is 2. The lowest BCUT2D eigenvalue weighted by molar-refractivity contribution is 0.127. The number of rotatable bonds is 9. The fourth-order valence-corrected chi connectivity index (χ4v) is 5.49. The van der Waals surface area contributed by atoms with Gasteiger partial charge in [-0.15, -0.1) is 0 Å². The van der Waals surface area contributed by atoms with Gasteiger partial charge in [0, 0.05) is 29.2 Å². The lowest BCUT2D eigenvalue weighted by atomic mass is 9.82. The molecule has 3 aromatic carbocycles. The molecule has 0 unspecified atom stereocenters. The van der Waals surface area contributed by atoms with E-state index in [1.165, 1.54) is 37.1 Å². The van der Waals surface area contributed by atoms with Crippen molar-refractivity contribution in [3.63, 3.8) is 0 Å². The molecule has 4 heteroatoms. The quantitative estimate of drug-likeness (QED) is 0.185. The Morgan fingerprint density at radius 1 is 0.913 bits per heavy atom. The highest BCUT2D eigenvalue weighted by molar-refractivity contribution is 6.09. The Balaban J connectivity index is 0.00000282. The second-order valence-electron chi connectivity index (χ2n) is 14.1. The highest BCUT2D eigenvalue weighted by Crippen LogP contribution is 2.31. The summed E-state index contributed by atoms with van der Waals surface area (Å²) in [5.74, 6) is 0.755. The Bertz CT molecular complexity index is 1520. The van der Waals surface area contributed by atoms with E-state index >= 15 is 0 Å². The Kier molecular flexibility index (Phi) is 12.8. The molecule has 3 aromatic rings. The summed E-state index contributed by atoms with van der Waals surface area (Å²) in [5.41, 5.74) is 11.1. The zero-order valence-electron chi connectivity index (χ0n) is 30.3. The molecule has 246 valence electrons. The number of nitrogens with one attached hydrogen (secondary N) is 2.